The number of hydrogen-bond acceptors (Lipinski definition) is 4. The Balaban J connectivity index is 1.38. The smallest absolute Gasteiger partial charge is 0.343 e. The Labute approximate surface area is 241 Å². The summed E-state index contributed by atoms with van der Waals surface area (Å²) >= 11 is 0. The van der Waals surface area contributed by atoms with E-state index in [1.165, 1.54) is 44.9 Å². The van der Waals surface area contributed by atoms with E-state index < -0.39 is 0 Å². The number of benzene rings is 3. The van der Waals surface area contributed by atoms with Gasteiger partial charge < -0.3 is 14.2 Å². The van der Waals surface area contributed by atoms with Crippen LogP contribution in [0.3, 0.4) is 0 Å². The minimum atomic E-state index is -0.380. The third-order valence-electron chi connectivity index (χ3n) is 7.22. The standard InChI is InChI=1S/C36H46O4/c1-4-6-7-8-9-10-11-12-27-38-34-23-25-35(26-24-34)40-36(37)32-17-15-30(16-18-32)31-19-21-33(22-20-31)39-28-13-14-29(3)5-2/h4,15-26,29H,1,5-14,27-28H2,2-3H3/t29-/m0/s1. The van der Waals surface area contributed by atoms with Crippen molar-refractivity contribution in [2.75, 3.05) is 13.2 Å². The monoisotopic (exact) mass is 542 g/mol. The Bertz CT molecular complexity index is 1120. The van der Waals surface area contributed by atoms with Gasteiger partial charge in [-0.3, -0.25) is 0 Å². The van der Waals surface area contributed by atoms with Crippen LogP contribution in [0.15, 0.2) is 85.5 Å². The summed E-state index contributed by atoms with van der Waals surface area (Å²) in [6.45, 7) is 9.72. The van der Waals surface area contributed by atoms with Crippen LogP contribution in [0.1, 0.15) is 88.4 Å². The van der Waals surface area contributed by atoms with Crippen LogP contribution in [0.25, 0.3) is 11.1 Å². The number of esters is 1. The Morgan fingerprint density at radius 1 is 0.700 bits per heavy atom. The molecule has 0 spiro atoms. The molecular weight excluding hydrogens is 496 g/mol. The van der Waals surface area contributed by atoms with E-state index in [9.17, 15) is 4.79 Å². The van der Waals surface area contributed by atoms with Gasteiger partial charge in [-0.15, -0.1) is 6.58 Å². The van der Waals surface area contributed by atoms with Crippen LogP contribution in [0.4, 0.5) is 0 Å². The molecule has 0 aliphatic carbocycles. The molecule has 0 unspecified atom stereocenters. The summed E-state index contributed by atoms with van der Waals surface area (Å²) in [5, 5.41) is 0. The van der Waals surface area contributed by atoms with Gasteiger partial charge in [-0.2, -0.15) is 0 Å². The Morgan fingerprint density at radius 2 is 1.20 bits per heavy atom. The van der Waals surface area contributed by atoms with E-state index in [0.29, 0.717) is 17.9 Å². The van der Waals surface area contributed by atoms with E-state index in [0.717, 1.165) is 54.4 Å². The van der Waals surface area contributed by atoms with Crippen LogP contribution in [0, 0.1) is 5.92 Å². The van der Waals surface area contributed by atoms with Gasteiger partial charge in [0.15, 0.2) is 0 Å². The molecule has 3 aromatic rings. The lowest BCUT2D eigenvalue weighted by Crippen LogP contribution is -2.08. The number of hydrogen-bond donors (Lipinski definition) is 0. The van der Waals surface area contributed by atoms with Crippen LogP contribution < -0.4 is 14.2 Å². The number of allylic oxidation sites excluding steroid dienone is 1. The fraction of sp³-hybridized carbons (Fsp3) is 0.417. The molecule has 0 aromatic heterocycles. The molecule has 0 aliphatic heterocycles. The second-order valence-corrected chi connectivity index (χ2v) is 10.5. The maximum Gasteiger partial charge on any atom is 0.343 e. The average Bonchev–Trinajstić information content (AvgIpc) is 2.99. The number of unbranched alkanes of at least 4 members (excludes halogenated alkanes) is 6. The van der Waals surface area contributed by atoms with Gasteiger partial charge in [0.1, 0.15) is 17.2 Å². The van der Waals surface area contributed by atoms with Crippen molar-refractivity contribution in [1.82, 2.24) is 0 Å². The van der Waals surface area contributed by atoms with Crippen molar-refractivity contribution < 1.29 is 19.0 Å². The largest absolute Gasteiger partial charge is 0.494 e. The van der Waals surface area contributed by atoms with Crippen molar-refractivity contribution in [1.29, 1.82) is 0 Å². The quantitative estimate of drug-likeness (QED) is 0.0654. The van der Waals surface area contributed by atoms with Crippen LogP contribution in [-0.4, -0.2) is 19.2 Å². The van der Waals surface area contributed by atoms with Gasteiger partial charge in [0.05, 0.1) is 18.8 Å². The molecule has 3 rings (SSSR count). The molecule has 1 atom stereocenters. The van der Waals surface area contributed by atoms with Crippen LogP contribution in [-0.2, 0) is 0 Å². The maximum absolute atomic E-state index is 12.7. The lowest BCUT2D eigenvalue weighted by atomic mass is 10.0. The van der Waals surface area contributed by atoms with Gasteiger partial charge in [-0.05, 0) is 97.7 Å². The van der Waals surface area contributed by atoms with Crippen LogP contribution in [0.2, 0.25) is 0 Å². The zero-order chi connectivity index (χ0) is 28.4. The highest BCUT2D eigenvalue weighted by Gasteiger charge is 2.10. The lowest BCUT2D eigenvalue weighted by molar-refractivity contribution is 0.0734. The minimum absolute atomic E-state index is 0.380. The van der Waals surface area contributed by atoms with Gasteiger partial charge in [0.2, 0.25) is 0 Å². The second kappa shape index (κ2) is 17.9. The summed E-state index contributed by atoms with van der Waals surface area (Å²) in [5.41, 5.74) is 2.62. The van der Waals surface area contributed by atoms with E-state index in [4.69, 9.17) is 14.2 Å². The van der Waals surface area contributed by atoms with E-state index in [1.807, 2.05) is 54.6 Å². The van der Waals surface area contributed by atoms with Crippen molar-refractivity contribution in [3.63, 3.8) is 0 Å². The van der Waals surface area contributed by atoms with Gasteiger partial charge in [-0.25, -0.2) is 4.79 Å². The summed E-state index contributed by atoms with van der Waals surface area (Å²) < 4.78 is 17.3. The second-order valence-electron chi connectivity index (χ2n) is 10.5. The van der Waals surface area contributed by atoms with E-state index in [1.54, 1.807) is 24.3 Å². The fourth-order valence-corrected chi connectivity index (χ4v) is 4.43. The molecule has 0 heterocycles. The molecule has 40 heavy (non-hydrogen) atoms. The molecule has 214 valence electrons. The van der Waals surface area contributed by atoms with Crippen molar-refractivity contribution in [2.45, 2.75) is 78.1 Å². The maximum atomic E-state index is 12.7. The predicted molar refractivity (Wildman–Crippen MR) is 165 cm³/mol. The van der Waals surface area contributed by atoms with Crippen molar-refractivity contribution in [2.24, 2.45) is 5.92 Å². The summed E-state index contributed by atoms with van der Waals surface area (Å²) in [6, 6.07) is 22.8. The molecule has 4 heteroatoms. The van der Waals surface area contributed by atoms with Crippen LogP contribution >= 0.6 is 0 Å². The number of carbonyl (C=O) groups excluding carboxylic acids is 1. The normalized spacial score (nSPS) is 11.6. The predicted octanol–water partition coefficient (Wildman–Crippen LogP) is 10.1. The molecule has 0 N–H and O–H groups in total. The molecule has 0 fully saturated rings. The third kappa shape index (κ3) is 11.3. The molecule has 4 nitrogen and oxygen atoms in total. The first-order chi connectivity index (χ1) is 19.6. The molecule has 0 radical (unpaired) electrons. The molecule has 0 bridgehead atoms. The van der Waals surface area contributed by atoms with E-state index in [-0.39, 0.29) is 5.97 Å². The van der Waals surface area contributed by atoms with Crippen molar-refractivity contribution in [3.05, 3.63) is 91.0 Å². The highest BCUT2D eigenvalue weighted by molar-refractivity contribution is 5.91. The Hall–Kier alpha value is -3.53. The van der Waals surface area contributed by atoms with Gasteiger partial charge in [0.25, 0.3) is 0 Å². The van der Waals surface area contributed by atoms with E-state index in [2.05, 4.69) is 20.4 Å². The van der Waals surface area contributed by atoms with Gasteiger partial charge >= 0.3 is 5.97 Å². The average molecular weight is 543 g/mol. The lowest BCUT2D eigenvalue weighted by Gasteiger charge is -2.10. The summed E-state index contributed by atoms with van der Waals surface area (Å²) in [4.78, 5) is 12.7. The SMILES string of the molecule is C=CCCCCCCCCOc1ccc(OC(=O)c2ccc(-c3ccc(OCCC[C@@H](C)CC)cc3)cc2)cc1. The summed E-state index contributed by atoms with van der Waals surface area (Å²) in [6.07, 6.45) is 13.9. The first kappa shape index (κ1) is 31.0. The topological polar surface area (TPSA) is 44.8 Å². The molecule has 0 saturated carbocycles. The molecule has 0 aliphatic rings. The molecular formula is C36H46O4. The number of carbonyl (C=O) groups is 1. The Kier molecular flexibility index (Phi) is 13.9. The van der Waals surface area contributed by atoms with Crippen molar-refractivity contribution in [3.8, 4) is 28.4 Å². The zero-order valence-electron chi connectivity index (χ0n) is 24.4. The van der Waals surface area contributed by atoms with Gasteiger partial charge in [0, 0.05) is 0 Å². The highest BCUT2D eigenvalue weighted by atomic mass is 16.5. The third-order valence-corrected chi connectivity index (χ3v) is 7.22. The molecule has 0 amide bonds. The Morgan fingerprint density at radius 3 is 1.80 bits per heavy atom. The fourth-order valence-electron chi connectivity index (χ4n) is 4.43. The molecule has 3 aromatic carbocycles. The summed E-state index contributed by atoms with van der Waals surface area (Å²) in [5.74, 6) is 2.54. The number of ether oxygens (including phenoxy) is 3. The van der Waals surface area contributed by atoms with E-state index >= 15 is 0 Å². The number of rotatable bonds is 19. The van der Waals surface area contributed by atoms with Crippen LogP contribution in [0.5, 0.6) is 17.2 Å². The van der Waals surface area contributed by atoms with Gasteiger partial charge in [-0.1, -0.05) is 76.3 Å². The zero-order valence-corrected chi connectivity index (χ0v) is 24.4. The first-order valence-corrected chi connectivity index (χ1v) is 15.0. The summed E-state index contributed by atoms with van der Waals surface area (Å²) in [7, 11) is 0. The highest BCUT2D eigenvalue weighted by Crippen LogP contribution is 2.24. The molecule has 0 saturated heterocycles. The first-order valence-electron chi connectivity index (χ1n) is 15.0. The van der Waals surface area contributed by atoms with Crippen molar-refractivity contribution >= 4 is 5.97 Å². The minimum Gasteiger partial charge on any atom is -0.494 e.